The Bertz CT molecular complexity index is 3840. The molecule has 0 spiro atoms. The Morgan fingerprint density at radius 2 is 0.868 bits per heavy atom. The number of esters is 1. The number of aromatic nitrogens is 1. The van der Waals surface area contributed by atoms with Crippen LogP contribution in [-0.2, 0) is 60.5 Å². The Labute approximate surface area is 443 Å². The standard InChI is InChI=1S/C11H11NO3S.C11H12O5S.C10H12O4S.2C10H12O3S/c1-7(13)10-5-8(16(2,14)15)6-11-9(10)3-4-12-11;1-7(12)8-4-5-9(11(13)16-2)10(6-8)17(3,14)15;1-7(12)8-3-4-9(6-11)10(5-8)15(2,13)14;1-7-4-5-9(14(3,12)13)6-10(7)8(2)11;1-7-4-5-9(8(2)11)6-10(7)14(3,12)13/h3-6,12H,1-2H3;4-6H,1-3H3;3-5,11H,6H2,1-2H3;2*4-6H,1-3H3. The highest BCUT2D eigenvalue weighted by Gasteiger charge is 2.21. The average Bonchev–Trinajstić information content (AvgIpc) is 3.79. The average molecular weight is 1150 g/mol. The zero-order valence-electron chi connectivity index (χ0n) is 43.9. The number of nitrogens with one attached hydrogen (secondary N) is 1. The maximum absolute atomic E-state index is 11.5. The van der Waals surface area contributed by atoms with Gasteiger partial charge in [0.2, 0.25) is 0 Å². The Morgan fingerprint density at radius 1 is 0.447 bits per heavy atom. The van der Waals surface area contributed by atoms with Crippen molar-refractivity contribution >= 4 is 95.0 Å². The van der Waals surface area contributed by atoms with E-state index in [2.05, 4.69) is 9.72 Å². The van der Waals surface area contributed by atoms with Gasteiger partial charge in [-0.3, -0.25) is 24.0 Å². The fourth-order valence-electron chi connectivity index (χ4n) is 6.65. The first-order valence-corrected chi connectivity index (χ1v) is 31.5. The lowest BCUT2D eigenvalue weighted by molar-refractivity contribution is 0.0595. The molecule has 0 unspecified atom stereocenters. The zero-order valence-corrected chi connectivity index (χ0v) is 48.0. The fraction of sp³-hybridized carbons (Fsp3) is 0.269. The number of aryl methyl sites for hydroxylation is 2. The van der Waals surface area contributed by atoms with Crippen molar-refractivity contribution in [1.82, 2.24) is 4.98 Å². The summed E-state index contributed by atoms with van der Waals surface area (Å²) in [5.74, 6) is -1.62. The molecule has 5 aromatic carbocycles. The Kier molecular flexibility index (Phi) is 22.6. The van der Waals surface area contributed by atoms with E-state index in [1.165, 1.54) is 101 Å². The molecule has 0 radical (unpaired) electrons. The van der Waals surface area contributed by atoms with Gasteiger partial charge in [0.15, 0.2) is 78.1 Å². The minimum absolute atomic E-state index is 0.0118. The van der Waals surface area contributed by atoms with Crippen molar-refractivity contribution in [3.8, 4) is 0 Å². The number of aromatic amines is 1. The van der Waals surface area contributed by atoms with Crippen LogP contribution in [0.5, 0.6) is 0 Å². The molecule has 76 heavy (non-hydrogen) atoms. The maximum Gasteiger partial charge on any atom is 0.339 e. The van der Waals surface area contributed by atoms with Crippen LogP contribution in [-0.4, -0.2) is 125 Å². The van der Waals surface area contributed by atoms with Crippen molar-refractivity contribution in [1.29, 1.82) is 0 Å². The lowest BCUT2D eigenvalue weighted by Gasteiger charge is -2.07. The van der Waals surface area contributed by atoms with Crippen LogP contribution in [0.3, 0.4) is 0 Å². The van der Waals surface area contributed by atoms with E-state index in [1.54, 1.807) is 44.3 Å². The summed E-state index contributed by atoms with van der Waals surface area (Å²) in [5, 5.41) is 9.71. The monoisotopic (exact) mass is 1150 g/mol. The van der Waals surface area contributed by atoms with Gasteiger partial charge in [-0.15, -0.1) is 0 Å². The van der Waals surface area contributed by atoms with E-state index < -0.39 is 55.2 Å². The number of rotatable bonds is 12. The number of carbonyl (C=O) groups excluding carboxylic acids is 6. The number of sulfone groups is 5. The number of aliphatic hydroxyl groups is 1. The Balaban J connectivity index is 0.000000326. The molecule has 1 heterocycles. The number of carbonyl (C=O) groups is 6. The normalized spacial score (nSPS) is 11.4. The molecule has 0 bridgehead atoms. The Morgan fingerprint density at radius 3 is 1.29 bits per heavy atom. The van der Waals surface area contributed by atoms with E-state index in [0.717, 1.165) is 49.3 Å². The van der Waals surface area contributed by atoms with Crippen molar-refractivity contribution < 1.29 is 80.7 Å². The maximum atomic E-state index is 11.5. The number of hydrogen-bond acceptors (Lipinski definition) is 18. The third kappa shape index (κ3) is 18.8. The third-order valence-electron chi connectivity index (χ3n) is 10.7. The molecule has 0 aliphatic heterocycles. The van der Waals surface area contributed by atoms with Crippen LogP contribution in [0.25, 0.3) is 10.9 Å². The van der Waals surface area contributed by atoms with Crippen LogP contribution in [0.1, 0.15) is 113 Å². The van der Waals surface area contributed by atoms with Crippen LogP contribution in [0.2, 0.25) is 0 Å². The van der Waals surface area contributed by atoms with Gasteiger partial charge in [0.1, 0.15) is 0 Å². The predicted octanol–water partition coefficient (Wildman–Crippen LogP) is 6.84. The fourth-order valence-corrected chi connectivity index (χ4v) is 10.8. The summed E-state index contributed by atoms with van der Waals surface area (Å²) in [6.45, 7) is 10.1. The van der Waals surface area contributed by atoms with Crippen LogP contribution in [0.15, 0.2) is 122 Å². The third-order valence-corrected chi connectivity index (χ3v) is 16.5. The van der Waals surface area contributed by atoms with E-state index in [9.17, 15) is 70.9 Å². The van der Waals surface area contributed by atoms with E-state index in [0.29, 0.717) is 38.9 Å². The highest BCUT2D eigenvalue weighted by Crippen LogP contribution is 2.24. The molecule has 0 saturated carbocycles. The lowest BCUT2D eigenvalue weighted by atomic mass is 10.1. The van der Waals surface area contributed by atoms with Crippen molar-refractivity contribution in [2.24, 2.45) is 0 Å². The van der Waals surface area contributed by atoms with Gasteiger partial charge in [-0.1, -0.05) is 36.4 Å². The number of hydrogen-bond donors (Lipinski definition) is 2. The van der Waals surface area contributed by atoms with Gasteiger partial charge in [-0.25, -0.2) is 46.9 Å². The van der Waals surface area contributed by atoms with E-state index in [1.807, 2.05) is 0 Å². The number of fused-ring (bicyclic) bond motifs is 1. The minimum atomic E-state index is -3.60. The van der Waals surface area contributed by atoms with Crippen molar-refractivity contribution in [2.75, 3.05) is 38.4 Å². The smallest absolute Gasteiger partial charge is 0.339 e. The summed E-state index contributed by atoms with van der Waals surface area (Å²) in [4.78, 5) is 70.5. The summed E-state index contributed by atoms with van der Waals surface area (Å²) < 4.78 is 118. The van der Waals surface area contributed by atoms with Crippen LogP contribution in [0, 0.1) is 13.8 Å². The number of aliphatic hydroxyl groups excluding tert-OH is 1. The second-order valence-electron chi connectivity index (χ2n) is 17.2. The molecule has 19 nitrogen and oxygen atoms in total. The lowest BCUT2D eigenvalue weighted by Crippen LogP contribution is -2.11. The van der Waals surface area contributed by atoms with Crippen LogP contribution >= 0.6 is 0 Å². The molecular weight excluding hydrogens is 1090 g/mol. The molecule has 2 N–H and O–H groups in total. The first kappa shape index (κ1) is 65.3. The summed E-state index contributed by atoms with van der Waals surface area (Å²) in [7, 11) is -15.6. The second kappa shape index (κ2) is 26.3. The van der Waals surface area contributed by atoms with Gasteiger partial charge < -0.3 is 14.8 Å². The van der Waals surface area contributed by atoms with Crippen LogP contribution < -0.4 is 0 Å². The topological polar surface area (TPSA) is 318 Å². The molecule has 410 valence electrons. The first-order chi connectivity index (χ1) is 34.7. The summed E-state index contributed by atoms with van der Waals surface area (Å²) in [6, 6.07) is 22.1. The number of ketones is 5. The number of ether oxygens (including phenoxy) is 1. The van der Waals surface area contributed by atoms with E-state index in [-0.39, 0.29) is 71.1 Å². The highest BCUT2D eigenvalue weighted by molar-refractivity contribution is 7.91. The van der Waals surface area contributed by atoms with Gasteiger partial charge in [0, 0.05) is 76.2 Å². The molecule has 0 aliphatic carbocycles. The quantitative estimate of drug-likeness (QED) is 0.0935. The number of H-pyrrole nitrogens is 1. The van der Waals surface area contributed by atoms with E-state index >= 15 is 0 Å². The molecule has 0 atom stereocenters. The van der Waals surface area contributed by atoms with Gasteiger partial charge in [-0.2, -0.15) is 0 Å². The molecule has 24 heteroatoms. The molecule has 1 aromatic heterocycles. The zero-order chi connectivity index (χ0) is 58.6. The van der Waals surface area contributed by atoms with Crippen molar-refractivity contribution in [3.05, 3.63) is 147 Å². The molecule has 6 aromatic rings. The molecular formula is C52H59NO18S5. The molecule has 0 saturated heterocycles. The Hall–Kier alpha value is -6.83. The number of Topliss-reactive ketones (excluding diaryl/α,β-unsaturated/α-hetero) is 5. The summed E-state index contributed by atoms with van der Waals surface area (Å²) in [5.41, 5.74) is 4.24. The SMILES string of the molecule is CC(=O)c1cc(S(C)(=O)=O)cc2[nH]ccc12.CC(=O)c1cc(S(C)(=O)=O)ccc1C.CC(=O)c1ccc(C)c(S(C)(=O)=O)c1.CC(=O)c1ccc(CO)c(S(C)(=O)=O)c1.COC(=O)c1ccc(C(C)=O)cc1S(C)(=O)=O. The first-order valence-electron chi connectivity index (χ1n) is 22.0. The summed E-state index contributed by atoms with van der Waals surface area (Å²) in [6.07, 6.45) is 7.09. The second-order valence-corrected chi connectivity index (χ2v) is 27.2. The number of benzene rings is 5. The largest absolute Gasteiger partial charge is 0.465 e. The molecule has 0 aliphatic rings. The predicted molar refractivity (Wildman–Crippen MR) is 286 cm³/mol. The minimum Gasteiger partial charge on any atom is -0.465 e. The van der Waals surface area contributed by atoms with E-state index in [4.69, 9.17) is 5.11 Å². The van der Waals surface area contributed by atoms with Crippen molar-refractivity contribution in [2.45, 2.75) is 79.6 Å². The molecule has 0 fully saturated rings. The number of methoxy groups -OCH3 is 1. The van der Waals surface area contributed by atoms with Crippen LogP contribution in [0.4, 0.5) is 0 Å². The van der Waals surface area contributed by atoms with Crippen molar-refractivity contribution in [3.63, 3.8) is 0 Å². The van der Waals surface area contributed by atoms with Gasteiger partial charge in [0.05, 0.1) is 43.8 Å². The van der Waals surface area contributed by atoms with Gasteiger partial charge in [-0.05, 0) is 120 Å². The molecule has 0 amide bonds. The van der Waals surface area contributed by atoms with Gasteiger partial charge in [0.25, 0.3) is 0 Å². The highest BCUT2D eigenvalue weighted by atomic mass is 32.2. The molecule has 6 rings (SSSR count). The summed E-state index contributed by atoms with van der Waals surface area (Å²) >= 11 is 0. The van der Waals surface area contributed by atoms with Gasteiger partial charge >= 0.3 is 5.97 Å².